The summed E-state index contributed by atoms with van der Waals surface area (Å²) in [5.41, 5.74) is 4.79. The van der Waals surface area contributed by atoms with Crippen LogP contribution in [-0.4, -0.2) is 30.5 Å². The van der Waals surface area contributed by atoms with Crippen LogP contribution in [0.25, 0.3) is 0 Å². The Bertz CT molecular complexity index is 159. The van der Waals surface area contributed by atoms with Gasteiger partial charge in [0.25, 0.3) is 0 Å². The molecule has 0 saturated heterocycles. The predicted octanol–water partition coefficient (Wildman–Crippen LogP) is 0.901. The number of nitrogens with two attached hydrogens (primary N) is 1. The van der Waals surface area contributed by atoms with E-state index in [2.05, 4.69) is 0 Å². The SMILES string of the molecule is COC1CCCCC1C(C)(O)CN. The van der Waals surface area contributed by atoms with Crippen molar-refractivity contribution < 1.29 is 9.84 Å². The summed E-state index contributed by atoms with van der Waals surface area (Å²) >= 11 is 0. The van der Waals surface area contributed by atoms with Crippen LogP contribution < -0.4 is 5.73 Å². The molecule has 3 N–H and O–H groups in total. The van der Waals surface area contributed by atoms with Gasteiger partial charge in [-0.25, -0.2) is 0 Å². The Labute approximate surface area is 80.3 Å². The molecule has 3 heteroatoms. The second kappa shape index (κ2) is 4.40. The first-order chi connectivity index (χ1) is 6.11. The maximum Gasteiger partial charge on any atom is 0.0794 e. The lowest BCUT2D eigenvalue weighted by molar-refractivity contribution is -0.0850. The number of methoxy groups -OCH3 is 1. The maximum absolute atomic E-state index is 10.0. The van der Waals surface area contributed by atoms with Crippen LogP contribution in [-0.2, 0) is 4.74 Å². The first-order valence-electron chi connectivity index (χ1n) is 5.07. The Morgan fingerprint density at radius 3 is 2.62 bits per heavy atom. The molecule has 0 heterocycles. The Morgan fingerprint density at radius 2 is 2.08 bits per heavy atom. The summed E-state index contributed by atoms with van der Waals surface area (Å²) in [5, 5.41) is 10.0. The lowest BCUT2D eigenvalue weighted by atomic mass is 9.76. The minimum atomic E-state index is -0.763. The molecule has 3 atom stereocenters. The molecule has 1 saturated carbocycles. The van der Waals surface area contributed by atoms with Crippen molar-refractivity contribution in [2.75, 3.05) is 13.7 Å². The number of rotatable bonds is 3. The summed E-state index contributed by atoms with van der Waals surface area (Å²) in [4.78, 5) is 0. The lowest BCUT2D eigenvalue weighted by Gasteiger charge is -2.39. The zero-order chi connectivity index (χ0) is 9.90. The van der Waals surface area contributed by atoms with E-state index in [0.29, 0.717) is 6.54 Å². The molecule has 0 radical (unpaired) electrons. The van der Waals surface area contributed by atoms with Gasteiger partial charge in [-0.3, -0.25) is 0 Å². The van der Waals surface area contributed by atoms with Gasteiger partial charge in [0.2, 0.25) is 0 Å². The van der Waals surface area contributed by atoms with Gasteiger partial charge in [-0.05, 0) is 19.8 Å². The van der Waals surface area contributed by atoms with E-state index in [9.17, 15) is 5.11 Å². The smallest absolute Gasteiger partial charge is 0.0794 e. The molecule has 1 aliphatic carbocycles. The average molecular weight is 187 g/mol. The van der Waals surface area contributed by atoms with Crippen LogP contribution in [0.3, 0.4) is 0 Å². The standard InChI is InChI=1S/C10H21NO2/c1-10(12,7-11)8-5-3-4-6-9(8)13-2/h8-9,12H,3-7,11H2,1-2H3. The fourth-order valence-corrected chi connectivity index (χ4v) is 2.24. The molecule has 3 nitrogen and oxygen atoms in total. The van der Waals surface area contributed by atoms with Gasteiger partial charge in [0.05, 0.1) is 11.7 Å². The number of hydrogen-bond acceptors (Lipinski definition) is 3. The molecule has 0 aliphatic heterocycles. The number of aliphatic hydroxyl groups is 1. The average Bonchev–Trinajstić information content (AvgIpc) is 2.18. The summed E-state index contributed by atoms with van der Waals surface area (Å²) in [6.45, 7) is 2.13. The Kier molecular flexibility index (Phi) is 3.71. The van der Waals surface area contributed by atoms with Crippen molar-refractivity contribution in [3.63, 3.8) is 0 Å². The van der Waals surface area contributed by atoms with E-state index >= 15 is 0 Å². The molecule has 3 unspecified atom stereocenters. The number of ether oxygens (including phenoxy) is 1. The summed E-state index contributed by atoms with van der Waals surface area (Å²) in [7, 11) is 1.72. The highest BCUT2D eigenvalue weighted by Crippen LogP contribution is 2.33. The second-order valence-electron chi connectivity index (χ2n) is 4.23. The summed E-state index contributed by atoms with van der Waals surface area (Å²) in [6.07, 6.45) is 4.66. The normalized spacial score (nSPS) is 34.2. The third kappa shape index (κ3) is 2.42. The summed E-state index contributed by atoms with van der Waals surface area (Å²) in [5.74, 6) is 0.205. The first kappa shape index (κ1) is 11.0. The van der Waals surface area contributed by atoms with E-state index in [-0.39, 0.29) is 12.0 Å². The fourth-order valence-electron chi connectivity index (χ4n) is 2.24. The molecule has 0 aromatic rings. The van der Waals surface area contributed by atoms with Gasteiger partial charge in [-0.1, -0.05) is 12.8 Å². The van der Waals surface area contributed by atoms with E-state index in [0.717, 1.165) is 12.8 Å². The number of hydrogen-bond donors (Lipinski definition) is 2. The molecule has 0 aromatic heterocycles. The van der Waals surface area contributed by atoms with Crippen LogP contribution in [0.2, 0.25) is 0 Å². The zero-order valence-corrected chi connectivity index (χ0v) is 8.62. The molecular weight excluding hydrogens is 166 g/mol. The van der Waals surface area contributed by atoms with Crippen LogP contribution in [0, 0.1) is 5.92 Å². The van der Waals surface area contributed by atoms with Gasteiger partial charge < -0.3 is 15.6 Å². The van der Waals surface area contributed by atoms with Crippen molar-refractivity contribution >= 4 is 0 Å². The highest BCUT2D eigenvalue weighted by atomic mass is 16.5. The maximum atomic E-state index is 10.0. The van der Waals surface area contributed by atoms with Crippen LogP contribution in [0.5, 0.6) is 0 Å². The van der Waals surface area contributed by atoms with Crippen molar-refractivity contribution in [3.8, 4) is 0 Å². The third-order valence-corrected chi connectivity index (χ3v) is 3.22. The van der Waals surface area contributed by atoms with Gasteiger partial charge in [-0.15, -0.1) is 0 Å². The molecular formula is C10H21NO2. The molecule has 1 fully saturated rings. The highest BCUT2D eigenvalue weighted by Gasteiger charge is 2.38. The molecule has 0 aromatic carbocycles. The molecule has 1 rings (SSSR count). The first-order valence-corrected chi connectivity index (χ1v) is 5.07. The summed E-state index contributed by atoms with van der Waals surface area (Å²) in [6, 6.07) is 0. The van der Waals surface area contributed by atoms with E-state index in [1.54, 1.807) is 7.11 Å². The minimum absolute atomic E-state index is 0.187. The van der Waals surface area contributed by atoms with Gasteiger partial charge in [0.1, 0.15) is 0 Å². The van der Waals surface area contributed by atoms with E-state index in [4.69, 9.17) is 10.5 Å². The Hall–Kier alpha value is -0.120. The monoisotopic (exact) mass is 187 g/mol. The van der Waals surface area contributed by atoms with Crippen LogP contribution >= 0.6 is 0 Å². The molecule has 13 heavy (non-hydrogen) atoms. The van der Waals surface area contributed by atoms with Crippen molar-refractivity contribution in [1.29, 1.82) is 0 Å². The van der Waals surface area contributed by atoms with E-state index < -0.39 is 5.60 Å². The van der Waals surface area contributed by atoms with E-state index in [1.165, 1.54) is 12.8 Å². The van der Waals surface area contributed by atoms with Gasteiger partial charge >= 0.3 is 0 Å². The van der Waals surface area contributed by atoms with Crippen molar-refractivity contribution in [1.82, 2.24) is 0 Å². The molecule has 0 spiro atoms. The second-order valence-corrected chi connectivity index (χ2v) is 4.23. The lowest BCUT2D eigenvalue weighted by Crippen LogP contribution is -2.49. The van der Waals surface area contributed by atoms with Crippen LogP contribution in [0.1, 0.15) is 32.6 Å². The fraction of sp³-hybridized carbons (Fsp3) is 1.00. The van der Waals surface area contributed by atoms with Gasteiger partial charge in [-0.2, -0.15) is 0 Å². The van der Waals surface area contributed by atoms with Gasteiger partial charge in [0.15, 0.2) is 0 Å². The Balaban J connectivity index is 2.63. The minimum Gasteiger partial charge on any atom is -0.388 e. The van der Waals surface area contributed by atoms with E-state index in [1.807, 2.05) is 6.92 Å². The molecule has 0 bridgehead atoms. The van der Waals surface area contributed by atoms with Crippen molar-refractivity contribution in [2.24, 2.45) is 11.7 Å². The third-order valence-electron chi connectivity index (χ3n) is 3.22. The zero-order valence-electron chi connectivity index (χ0n) is 8.62. The van der Waals surface area contributed by atoms with Crippen molar-refractivity contribution in [3.05, 3.63) is 0 Å². The molecule has 1 aliphatic rings. The topological polar surface area (TPSA) is 55.5 Å². The highest BCUT2D eigenvalue weighted by molar-refractivity contribution is 4.90. The molecule has 78 valence electrons. The van der Waals surface area contributed by atoms with Crippen LogP contribution in [0.15, 0.2) is 0 Å². The summed E-state index contributed by atoms with van der Waals surface area (Å²) < 4.78 is 5.38. The van der Waals surface area contributed by atoms with Gasteiger partial charge in [0, 0.05) is 19.6 Å². The largest absolute Gasteiger partial charge is 0.388 e. The quantitative estimate of drug-likeness (QED) is 0.690. The Morgan fingerprint density at radius 1 is 1.46 bits per heavy atom. The van der Waals surface area contributed by atoms with Crippen LogP contribution in [0.4, 0.5) is 0 Å². The predicted molar refractivity (Wildman–Crippen MR) is 52.4 cm³/mol. The molecule has 0 amide bonds. The van der Waals surface area contributed by atoms with Crippen molar-refractivity contribution in [2.45, 2.75) is 44.3 Å².